The number of aliphatic hydroxyl groups excluding tert-OH is 1. The van der Waals surface area contributed by atoms with E-state index in [0.29, 0.717) is 22.7 Å². The summed E-state index contributed by atoms with van der Waals surface area (Å²) in [6.45, 7) is 1.62. The van der Waals surface area contributed by atoms with E-state index in [4.69, 9.17) is 14.2 Å². The SMILES string of the molecule is CCOC(=O)c1ccc(CO)c(C(=O)Nc2ccc(OC)c(OC3CCCC3)c2)c1. The predicted octanol–water partition coefficient (Wildman–Crippen LogP) is 3.94. The Labute approximate surface area is 176 Å². The van der Waals surface area contributed by atoms with Crippen LogP contribution in [0.4, 0.5) is 5.69 Å². The Morgan fingerprint density at radius 2 is 1.87 bits per heavy atom. The molecule has 1 amide bonds. The Bertz CT molecular complexity index is 905. The number of hydrogen-bond donors (Lipinski definition) is 2. The van der Waals surface area contributed by atoms with Crippen LogP contribution in [0.2, 0.25) is 0 Å². The minimum Gasteiger partial charge on any atom is -0.493 e. The Morgan fingerprint density at radius 3 is 2.53 bits per heavy atom. The van der Waals surface area contributed by atoms with Crippen LogP contribution in [0, 0.1) is 0 Å². The second kappa shape index (κ2) is 10.1. The average Bonchev–Trinajstić information content (AvgIpc) is 3.26. The van der Waals surface area contributed by atoms with Crippen LogP contribution in [-0.4, -0.2) is 36.8 Å². The van der Waals surface area contributed by atoms with Crippen LogP contribution >= 0.6 is 0 Å². The molecule has 0 bridgehead atoms. The standard InChI is InChI=1S/C23H27NO6/c1-3-29-23(27)15-8-9-16(14-25)19(12-15)22(26)24-17-10-11-20(28-2)21(13-17)30-18-6-4-5-7-18/h8-13,18,25H,3-7,14H2,1-2H3,(H,24,26). The van der Waals surface area contributed by atoms with Gasteiger partial charge in [-0.1, -0.05) is 6.07 Å². The number of ether oxygens (including phenoxy) is 3. The fourth-order valence-corrected chi connectivity index (χ4v) is 3.50. The van der Waals surface area contributed by atoms with Crippen molar-refractivity contribution in [3.05, 3.63) is 53.1 Å². The summed E-state index contributed by atoms with van der Waals surface area (Å²) in [5.74, 6) is 0.208. The summed E-state index contributed by atoms with van der Waals surface area (Å²) >= 11 is 0. The highest BCUT2D eigenvalue weighted by atomic mass is 16.5. The van der Waals surface area contributed by atoms with Crippen LogP contribution < -0.4 is 14.8 Å². The Hall–Kier alpha value is -3.06. The van der Waals surface area contributed by atoms with E-state index in [-0.39, 0.29) is 30.4 Å². The van der Waals surface area contributed by atoms with E-state index >= 15 is 0 Å². The van der Waals surface area contributed by atoms with Gasteiger partial charge in [0.15, 0.2) is 11.5 Å². The first kappa shape index (κ1) is 21.6. The molecule has 0 heterocycles. The molecule has 0 saturated heterocycles. The lowest BCUT2D eigenvalue weighted by Crippen LogP contribution is -2.17. The molecule has 1 aliphatic carbocycles. The molecule has 0 aromatic heterocycles. The molecule has 30 heavy (non-hydrogen) atoms. The van der Waals surface area contributed by atoms with Crippen molar-refractivity contribution >= 4 is 17.6 Å². The molecule has 3 rings (SSSR count). The minimum absolute atomic E-state index is 0.145. The zero-order chi connectivity index (χ0) is 21.5. The van der Waals surface area contributed by atoms with Gasteiger partial charge in [-0.05, 0) is 62.4 Å². The van der Waals surface area contributed by atoms with Crippen molar-refractivity contribution in [2.75, 3.05) is 19.0 Å². The van der Waals surface area contributed by atoms with Gasteiger partial charge in [0, 0.05) is 17.3 Å². The highest BCUT2D eigenvalue weighted by Gasteiger charge is 2.20. The third-order valence-electron chi connectivity index (χ3n) is 5.05. The number of nitrogens with one attached hydrogen (secondary N) is 1. The Kier molecular flexibility index (Phi) is 7.30. The third kappa shape index (κ3) is 5.10. The molecule has 0 radical (unpaired) electrons. The molecule has 1 aliphatic rings. The summed E-state index contributed by atoms with van der Waals surface area (Å²) in [5, 5.41) is 12.4. The number of methoxy groups -OCH3 is 1. The van der Waals surface area contributed by atoms with Crippen molar-refractivity contribution in [2.24, 2.45) is 0 Å². The first-order valence-electron chi connectivity index (χ1n) is 10.1. The van der Waals surface area contributed by atoms with Gasteiger partial charge in [0.25, 0.3) is 5.91 Å². The Morgan fingerprint density at radius 1 is 1.10 bits per heavy atom. The molecular formula is C23H27NO6. The van der Waals surface area contributed by atoms with Crippen molar-refractivity contribution in [3.8, 4) is 11.5 Å². The fraction of sp³-hybridized carbons (Fsp3) is 0.391. The zero-order valence-electron chi connectivity index (χ0n) is 17.3. The van der Waals surface area contributed by atoms with Crippen LogP contribution in [0.25, 0.3) is 0 Å². The van der Waals surface area contributed by atoms with Gasteiger partial charge in [-0.2, -0.15) is 0 Å². The van der Waals surface area contributed by atoms with Gasteiger partial charge in [-0.15, -0.1) is 0 Å². The van der Waals surface area contributed by atoms with Crippen LogP contribution in [0.3, 0.4) is 0 Å². The molecule has 0 atom stereocenters. The van der Waals surface area contributed by atoms with Crippen LogP contribution in [0.5, 0.6) is 11.5 Å². The van der Waals surface area contributed by atoms with Crippen molar-refractivity contribution in [1.82, 2.24) is 0 Å². The molecule has 0 aliphatic heterocycles. The van der Waals surface area contributed by atoms with Gasteiger partial charge in [0.05, 0.1) is 32.0 Å². The topological polar surface area (TPSA) is 94.1 Å². The normalized spacial score (nSPS) is 13.7. The predicted molar refractivity (Wildman–Crippen MR) is 112 cm³/mol. The van der Waals surface area contributed by atoms with E-state index < -0.39 is 11.9 Å². The number of amides is 1. The highest BCUT2D eigenvalue weighted by Crippen LogP contribution is 2.34. The van der Waals surface area contributed by atoms with Crippen LogP contribution in [0.15, 0.2) is 36.4 Å². The Balaban J connectivity index is 1.82. The molecule has 7 nitrogen and oxygen atoms in total. The lowest BCUT2D eigenvalue weighted by Gasteiger charge is -2.17. The second-order valence-electron chi connectivity index (χ2n) is 7.09. The molecule has 0 spiro atoms. The molecule has 2 aromatic rings. The maximum absolute atomic E-state index is 12.9. The fourth-order valence-electron chi connectivity index (χ4n) is 3.50. The number of aliphatic hydroxyl groups is 1. The van der Waals surface area contributed by atoms with Gasteiger partial charge in [-0.25, -0.2) is 4.79 Å². The van der Waals surface area contributed by atoms with Gasteiger partial charge in [0.1, 0.15) is 0 Å². The first-order chi connectivity index (χ1) is 14.5. The number of carbonyl (C=O) groups excluding carboxylic acids is 2. The van der Waals surface area contributed by atoms with Crippen molar-refractivity contribution in [3.63, 3.8) is 0 Å². The number of anilines is 1. The van der Waals surface area contributed by atoms with E-state index in [0.717, 1.165) is 25.7 Å². The van der Waals surface area contributed by atoms with Gasteiger partial charge in [0.2, 0.25) is 0 Å². The summed E-state index contributed by atoms with van der Waals surface area (Å²) in [6, 6.07) is 9.68. The molecule has 1 saturated carbocycles. The van der Waals surface area contributed by atoms with E-state index in [2.05, 4.69) is 5.32 Å². The molecule has 2 aromatic carbocycles. The molecule has 160 valence electrons. The summed E-state index contributed by atoms with van der Waals surface area (Å²) in [5.41, 5.74) is 1.40. The minimum atomic E-state index is -0.521. The maximum atomic E-state index is 12.9. The van der Waals surface area contributed by atoms with E-state index in [9.17, 15) is 14.7 Å². The van der Waals surface area contributed by atoms with Crippen molar-refractivity contribution in [2.45, 2.75) is 45.3 Å². The van der Waals surface area contributed by atoms with Gasteiger partial charge in [-0.3, -0.25) is 4.79 Å². The highest BCUT2D eigenvalue weighted by molar-refractivity contribution is 6.06. The number of benzene rings is 2. The van der Waals surface area contributed by atoms with Gasteiger partial charge >= 0.3 is 5.97 Å². The van der Waals surface area contributed by atoms with Crippen molar-refractivity contribution in [1.29, 1.82) is 0 Å². The van der Waals surface area contributed by atoms with E-state index in [1.807, 2.05) is 0 Å². The quantitative estimate of drug-likeness (QED) is 0.637. The molecule has 7 heteroatoms. The molecule has 2 N–H and O–H groups in total. The smallest absolute Gasteiger partial charge is 0.338 e. The van der Waals surface area contributed by atoms with E-state index in [1.54, 1.807) is 38.3 Å². The number of rotatable bonds is 8. The van der Waals surface area contributed by atoms with Crippen LogP contribution in [0.1, 0.15) is 58.9 Å². The summed E-state index contributed by atoms with van der Waals surface area (Å²) in [4.78, 5) is 24.9. The average molecular weight is 413 g/mol. The van der Waals surface area contributed by atoms with Crippen molar-refractivity contribution < 1.29 is 28.9 Å². The lowest BCUT2D eigenvalue weighted by molar-refractivity contribution is 0.0526. The first-order valence-corrected chi connectivity index (χ1v) is 10.1. The maximum Gasteiger partial charge on any atom is 0.338 e. The van der Waals surface area contributed by atoms with Gasteiger partial charge < -0.3 is 24.6 Å². The zero-order valence-corrected chi connectivity index (χ0v) is 17.3. The lowest BCUT2D eigenvalue weighted by atomic mass is 10.0. The molecule has 0 unspecified atom stereocenters. The van der Waals surface area contributed by atoms with Crippen LogP contribution in [-0.2, 0) is 11.3 Å². The molecule has 1 fully saturated rings. The summed E-state index contributed by atoms with van der Waals surface area (Å²) in [7, 11) is 1.57. The number of carbonyl (C=O) groups is 2. The summed E-state index contributed by atoms with van der Waals surface area (Å²) in [6.07, 6.45) is 4.43. The largest absolute Gasteiger partial charge is 0.493 e. The molecular weight excluding hydrogens is 386 g/mol. The monoisotopic (exact) mass is 413 g/mol. The summed E-state index contributed by atoms with van der Waals surface area (Å²) < 4.78 is 16.4. The third-order valence-corrected chi connectivity index (χ3v) is 5.05. The second-order valence-corrected chi connectivity index (χ2v) is 7.09. The van der Waals surface area contributed by atoms with E-state index in [1.165, 1.54) is 12.1 Å². The number of esters is 1. The number of hydrogen-bond acceptors (Lipinski definition) is 6.